The number of amides is 2. The molecule has 0 unspecified atom stereocenters. The van der Waals surface area contributed by atoms with Crippen LogP contribution in [-0.4, -0.2) is 36.3 Å². The molecule has 1 aromatic rings. The first-order chi connectivity index (χ1) is 10.0. The lowest BCUT2D eigenvalue weighted by Gasteiger charge is -2.22. The molecule has 0 aliphatic rings. The van der Waals surface area contributed by atoms with Crippen LogP contribution < -0.4 is 5.73 Å². The third-order valence-corrected chi connectivity index (χ3v) is 2.97. The smallest absolute Gasteiger partial charge is 0.306 e. The fourth-order valence-electron chi connectivity index (χ4n) is 1.81. The summed E-state index contributed by atoms with van der Waals surface area (Å²) in [6.07, 6.45) is 0.173. The average molecular weight is 292 g/mol. The van der Waals surface area contributed by atoms with Crippen molar-refractivity contribution in [2.45, 2.75) is 25.8 Å². The topological polar surface area (TPSA) is 89.7 Å². The fourth-order valence-corrected chi connectivity index (χ4v) is 1.81. The van der Waals surface area contributed by atoms with Crippen LogP contribution in [-0.2, 0) is 25.7 Å². The van der Waals surface area contributed by atoms with Crippen molar-refractivity contribution in [3.8, 4) is 0 Å². The lowest BCUT2D eigenvalue weighted by Crippen LogP contribution is -2.33. The number of hydrogen-bond donors (Lipinski definition) is 1. The number of methoxy groups -OCH3 is 1. The van der Waals surface area contributed by atoms with Gasteiger partial charge in [-0.15, -0.1) is 0 Å². The lowest BCUT2D eigenvalue weighted by molar-refractivity contribution is -0.144. The molecule has 0 saturated heterocycles. The number of hydrogen-bond acceptors (Lipinski definition) is 4. The summed E-state index contributed by atoms with van der Waals surface area (Å²) in [5, 5.41) is 0. The van der Waals surface area contributed by atoms with Gasteiger partial charge in [-0.05, 0) is 5.56 Å². The summed E-state index contributed by atoms with van der Waals surface area (Å²) in [5.74, 6) is -1.10. The first-order valence-corrected chi connectivity index (χ1v) is 6.69. The molecule has 21 heavy (non-hydrogen) atoms. The predicted molar refractivity (Wildman–Crippen MR) is 76.9 cm³/mol. The summed E-state index contributed by atoms with van der Waals surface area (Å²) in [6, 6.07) is 9.42. The Bertz CT molecular complexity index is 488. The maximum atomic E-state index is 12.1. The Balaban J connectivity index is 2.64. The van der Waals surface area contributed by atoms with Crippen LogP contribution in [0.4, 0.5) is 0 Å². The molecule has 0 atom stereocenters. The molecule has 0 aliphatic carbocycles. The third kappa shape index (κ3) is 6.56. The second-order valence-corrected chi connectivity index (χ2v) is 4.59. The van der Waals surface area contributed by atoms with E-state index >= 15 is 0 Å². The van der Waals surface area contributed by atoms with Crippen molar-refractivity contribution >= 4 is 17.8 Å². The van der Waals surface area contributed by atoms with Crippen molar-refractivity contribution in [3.05, 3.63) is 35.9 Å². The quantitative estimate of drug-likeness (QED) is 0.719. The molecule has 0 heterocycles. The zero-order valence-electron chi connectivity index (χ0n) is 12.1. The highest BCUT2D eigenvalue weighted by Crippen LogP contribution is 2.08. The SMILES string of the molecule is COC(=O)CCC(=O)N(CCC(N)=O)Cc1ccccc1. The highest BCUT2D eigenvalue weighted by atomic mass is 16.5. The van der Waals surface area contributed by atoms with E-state index in [1.807, 2.05) is 30.3 Å². The molecule has 2 amide bonds. The van der Waals surface area contributed by atoms with Crippen molar-refractivity contribution in [2.24, 2.45) is 5.73 Å². The minimum Gasteiger partial charge on any atom is -0.469 e. The van der Waals surface area contributed by atoms with E-state index in [1.165, 1.54) is 12.0 Å². The molecule has 6 heteroatoms. The molecule has 114 valence electrons. The van der Waals surface area contributed by atoms with Gasteiger partial charge in [-0.3, -0.25) is 14.4 Å². The van der Waals surface area contributed by atoms with Crippen LogP contribution in [0, 0.1) is 0 Å². The fraction of sp³-hybridized carbons (Fsp3) is 0.400. The largest absolute Gasteiger partial charge is 0.469 e. The van der Waals surface area contributed by atoms with Crippen molar-refractivity contribution in [3.63, 3.8) is 0 Å². The molecule has 6 nitrogen and oxygen atoms in total. The Morgan fingerprint density at radius 2 is 1.76 bits per heavy atom. The number of esters is 1. The Morgan fingerprint density at radius 3 is 2.33 bits per heavy atom. The number of carbonyl (C=O) groups is 3. The second kappa shape index (κ2) is 8.73. The highest BCUT2D eigenvalue weighted by Gasteiger charge is 2.16. The molecule has 0 aliphatic heterocycles. The van der Waals surface area contributed by atoms with Crippen LogP contribution in [0.25, 0.3) is 0 Å². The van der Waals surface area contributed by atoms with Crippen molar-refractivity contribution in [2.75, 3.05) is 13.7 Å². The van der Waals surface area contributed by atoms with Crippen LogP contribution in [0.2, 0.25) is 0 Å². The molecule has 1 rings (SSSR count). The van der Waals surface area contributed by atoms with E-state index in [2.05, 4.69) is 4.74 Å². The zero-order valence-corrected chi connectivity index (χ0v) is 12.1. The van der Waals surface area contributed by atoms with E-state index in [0.29, 0.717) is 6.54 Å². The standard InChI is InChI=1S/C15H20N2O4/c1-21-15(20)8-7-14(19)17(10-9-13(16)18)11-12-5-3-2-4-6-12/h2-6H,7-11H2,1H3,(H2,16,18). The molecule has 2 N–H and O–H groups in total. The van der Waals surface area contributed by atoms with Gasteiger partial charge >= 0.3 is 5.97 Å². The van der Waals surface area contributed by atoms with E-state index in [1.54, 1.807) is 0 Å². The molecule has 0 bridgehead atoms. The van der Waals surface area contributed by atoms with Crippen LogP contribution >= 0.6 is 0 Å². The number of nitrogens with zero attached hydrogens (tertiary/aromatic N) is 1. The number of carbonyl (C=O) groups excluding carboxylic acids is 3. The van der Waals surface area contributed by atoms with Gasteiger partial charge in [0.05, 0.1) is 13.5 Å². The van der Waals surface area contributed by atoms with Crippen LogP contribution in [0.15, 0.2) is 30.3 Å². The molecule has 0 saturated carbocycles. The van der Waals surface area contributed by atoms with Gasteiger partial charge in [0.15, 0.2) is 0 Å². The van der Waals surface area contributed by atoms with Gasteiger partial charge in [-0.1, -0.05) is 30.3 Å². The van der Waals surface area contributed by atoms with Crippen molar-refractivity contribution in [1.29, 1.82) is 0 Å². The Morgan fingerprint density at radius 1 is 1.10 bits per heavy atom. The van der Waals surface area contributed by atoms with Gasteiger partial charge in [0, 0.05) is 25.9 Å². The second-order valence-electron chi connectivity index (χ2n) is 4.59. The molecule has 1 aromatic carbocycles. The van der Waals surface area contributed by atoms with Crippen molar-refractivity contribution in [1.82, 2.24) is 4.90 Å². The maximum absolute atomic E-state index is 12.1. The monoisotopic (exact) mass is 292 g/mol. The summed E-state index contributed by atoms with van der Waals surface area (Å²) >= 11 is 0. The van der Waals surface area contributed by atoms with Gasteiger partial charge in [0.1, 0.15) is 0 Å². The Labute approximate surface area is 123 Å². The van der Waals surface area contributed by atoms with Crippen molar-refractivity contribution < 1.29 is 19.1 Å². The normalized spacial score (nSPS) is 9.95. The lowest BCUT2D eigenvalue weighted by atomic mass is 10.2. The molecule has 0 fully saturated rings. The minimum absolute atomic E-state index is 0.0250. The first kappa shape index (κ1) is 16.7. The number of rotatable bonds is 8. The predicted octanol–water partition coefficient (Wildman–Crippen LogP) is 0.844. The summed E-state index contributed by atoms with van der Waals surface area (Å²) in [6.45, 7) is 0.623. The maximum Gasteiger partial charge on any atom is 0.306 e. The zero-order chi connectivity index (χ0) is 15.7. The molecule has 0 radical (unpaired) electrons. The van der Waals surface area contributed by atoms with Gasteiger partial charge in [-0.2, -0.15) is 0 Å². The number of benzene rings is 1. The number of primary amides is 1. The van der Waals surface area contributed by atoms with E-state index < -0.39 is 11.9 Å². The average Bonchev–Trinajstić information content (AvgIpc) is 2.49. The van der Waals surface area contributed by atoms with Crippen LogP contribution in [0.1, 0.15) is 24.8 Å². The molecule has 0 aromatic heterocycles. The van der Waals surface area contributed by atoms with E-state index in [9.17, 15) is 14.4 Å². The van der Waals surface area contributed by atoms with E-state index in [-0.39, 0.29) is 31.7 Å². The molecule has 0 spiro atoms. The van der Waals surface area contributed by atoms with Gasteiger partial charge in [0.25, 0.3) is 0 Å². The first-order valence-electron chi connectivity index (χ1n) is 6.69. The summed E-state index contributed by atoms with van der Waals surface area (Å²) < 4.78 is 4.51. The number of ether oxygens (including phenoxy) is 1. The van der Waals surface area contributed by atoms with E-state index in [4.69, 9.17) is 5.73 Å². The number of nitrogens with two attached hydrogens (primary N) is 1. The van der Waals surface area contributed by atoms with E-state index in [0.717, 1.165) is 5.56 Å². The third-order valence-electron chi connectivity index (χ3n) is 2.97. The van der Waals surface area contributed by atoms with Crippen LogP contribution in [0.5, 0.6) is 0 Å². The summed E-state index contributed by atoms with van der Waals surface area (Å²) in [7, 11) is 1.28. The summed E-state index contributed by atoms with van der Waals surface area (Å²) in [4.78, 5) is 35.7. The van der Waals surface area contributed by atoms with Gasteiger partial charge in [0.2, 0.25) is 11.8 Å². The molecular weight excluding hydrogens is 272 g/mol. The van der Waals surface area contributed by atoms with Gasteiger partial charge < -0.3 is 15.4 Å². The minimum atomic E-state index is -0.464. The summed E-state index contributed by atoms with van der Waals surface area (Å²) in [5.41, 5.74) is 6.08. The Hall–Kier alpha value is -2.37. The molecular formula is C15H20N2O4. The van der Waals surface area contributed by atoms with Gasteiger partial charge in [-0.25, -0.2) is 0 Å². The van der Waals surface area contributed by atoms with Crippen LogP contribution in [0.3, 0.4) is 0 Å². The Kier molecular flexibility index (Phi) is 6.94. The highest BCUT2D eigenvalue weighted by molar-refractivity contribution is 5.82.